The van der Waals surface area contributed by atoms with Crippen molar-refractivity contribution >= 4 is 27.4 Å². The lowest BCUT2D eigenvalue weighted by molar-refractivity contribution is -0.136. The highest BCUT2D eigenvalue weighted by Gasteiger charge is 2.36. The smallest absolute Gasteiger partial charge is 0.366 e. The largest absolute Gasteiger partial charge is 0.418 e. The Hall–Kier alpha value is -2.30. The second kappa shape index (κ2) is 7.99. The summed E-state index contributed by atoms with van der Waals surface area (Å²) in [5.41, 5.74) is 1.21. The number of hydrogen-bond donors (Lipinski definition) is 2. The molecule has 1 aromatic carbocycles. The van der Waals surface area contributed by atoms with E-state index >= 15 is 0 Å². The van der Waals surface area contributed by atoms with Crippen molar-refractivity contribution in [1.29, 1.82) is 0 Å². The maximum atomic E-state index is 13.8. The number of pyridine rings is 1. The Bertz CT molecular complexity index is 1110. The van der Waals surface area contributed by atoms with E-state index in [1.807, 2.05) is 13.0 Å². The normalized spacial score (nSPS) is 19.7. The average molecular weight is 450 g/mol. The first kappa shape index (κ1) is 20.6. The second-order valence-electron chi connectivity index (χ2n) is 8.10. The van der Waals surface area contributed by atoms with E-state index < -0.39 is 11.7 Å². The van der Waals surface area contributed by atoms with Crippen LogP contribution >= 0.6 is 11.3 Å². The van der Waals surface area contributed by atoms with Crippen molar-refractivity contribution < 1.29 is 17.9 Å². The van der Waals surface area contributed by atoms with Crippen LogP contribution < -0.4 is 10.6 Å². The van der Waals surface area contributed by atoms with Gasteiger partial charge in [-0.25, -0.2) is 4.98 Å². The molecule has 164 valence electrons. The molecule has 31 heavy (non-hydrogen) atoms. The molecule has 10 heteroatoms. The number of hydrogen-bond acceptors (Lipinski definition) is 7. The molecule has 6 nitrogen and oxygen atoms in total. The van der Waals surface area contributed by atoms with E-state index in [0.29, 0.717) is 41.1 Å². The molecule has 0 spiro atoms. The number of halogens is 3. The molecule has 2 fully saturated rings. The predicted molar refractivity (Wildman–Crippen MR) is 113 cm³/mol. The highest BCUT2D eigenvalue weighted by atomic mass is 32.1. The van der Waals surface area contributed by atoms with Crippen LogP contribution in [0.3, 0.4) is 0 Å². The van der Waals surface area contributed by atoms with Crippen molar-refractivity contribution in [3.8, 4) is 10.7 Å². The fraction of sp³-hybridized carbons (Fsp3) is 0.476. The Morgan fingerprint density at radius 3 is 2.74 bits per heavy atom. The minimum atomic E-state index is -4.47. The Morgan fingerprint density at radius 2 is 2.03 bits per heavy atom. The number of nitrogens with zero attached hydrogens (tertiary/aromatic N) is 3. The summed E-state index contributed by atoms with van der Waals surface area (Å²) in [5.74, 6) is 0.228. The molecule has 1 aliphatic carbocycles. The zero-order valence-corrected chi connectivity index (χ0v) is 17.7. The quantitative estimate of drug-likeness (QED) is 0.588. The first-order chi connectivity index (χ1) is 14.9. The highest BCUT2D eigenvalue weighted by molar-refractivity contribution is 7.18. The monoisotopic (exact) mass is 449 g/mol. The van der Waals surface area contributed by atoms with Gasteiger partial charge in [0.25, 0.3) is 0 Å². The third-order valence-corrected chi connectivity index (χ3v) is 6.63. The van der Waals surface area contributed by atoms with Crippen molar-refractivity contribution in [2.45, 2.75) is 44.3 Å². The van der Waals surface area contributed by atoms with Crippen molar-refractivity contribution in [2.75, 3.05) is 25.2 Å². The first-order valence-electron chi connectivity index (χ1n) is 10.3. The van der Waals surface area contributed by atoms with E-state index in [1.54, 1.807) is 6.07 Å². The van der Waals surface area contributed by atoms with Crippen LogP contribution in [-0.2, 0) is 10.9 Å². The zero-order valence-electron chi connectivity index (χ0n) is 16.9. The Balaban J connectivity index is 1.46. The lowest BCUT2D eigenvalue weighted by atomic mass is 9.98. The number of aromatic nitrogens is 3. The third-order valence-electron chi connectivity index (χ3n) is 5.73. The summed E-state index contributed by atoms with van der Waals surface area (Å²) in [5, 5.41) is 16.4. The van der Waals surface area contributed by atoms with Gasteiger partial charge in [-0.1, -0.05) is 11.3 Å². The molecule has 0 amide bonds. The Labute approximate surface area is 181 Å². The Morgan fingerprint density at radius 1 is 1.19 bits per heavy atom. The number of aryl methyl sites for hydroxylation is 1. The van der Waals surface area contributed by atoms with Gasteiger partial charge in [0.2, 0.25) is 5.13 Å². The number of ether oxygens (including phenoxy) is 1. The molecule has 3 aromatic rings. The number of alkyl halides is 3. The zero-order chi connectivity index (χ0) is 21.6. The lowest BCUT2D eigenvalue weighted by Crippen LogP contribution is -2.41. The van der Waals surface area contributed by atoms with Gasteiger partial charge in [-0.15, -0.1) is 10.2 Å². The first-order valence-corrected chi connectivity index (χ1v) is 11.1. The minimum Gasteiger partial charge on any atom is -0.366 e. The summed E-state index contributed by atoms with van der Waals surface area (Å²) in [6.07, 6.45) is -1.69. The van der Waals surface area contributed by atoms with E-state index in [1.165, 1.54) is 17.4 Å². The van der Waals surface area contributed by atoms with Crippen LogP contribution in [0.5, 0.6) is 0 Å². The molecular weight excluding hydrogens is 427 g/mol. The standard InChI is InChI=1S/C21H22F3N5OS/c1-11-6-17(19-28-29-20(31-19)25-9-14-4-5-30-10-26-14)27-18-15(11)7-13(12-2-3-12)8-16(18)21(22,23)24/h6-8,12,14,26H,2-5,9-10H2,1H3,(H,25,29). The average Bonchev–Trinajstić information content (AvgIpc) is 3.49. The van der Waals surface area contributed by atoms with Crippen molar-refractivity contribution in [3.63, 3.8) is 0 Å². The van der Waals surface area contributed by atoms with Gasteiger partial charge in [-0.3, -0.25) is 5.32 Å². The van der Waals surface area contributed by atoms with Gasteiger partial charge in [0, 0.05) is 24.6 Å². The maximum absolute atomic E-state index is 13.8. The lowest BCUT2D eigenvalue weighted by Gasteiger charge is -2.23. The molecular formula is C21H22F3N5OS. The van der Waals surface area contributed by atoms with Crippen LogP contribution in [-0.4, -0.2) is 41.1 Å². The topological polar surface area (TPSA) is 72.0 Å². The van der Waals surface area contributed by atoms with Crippen molar-refractivity contribution in [2.24, 2.45) is 0 Å². The number of benzene rings is 1. The van der Waals surface area contributed by atoms with E-state index in [2.05, 4.69) is 25.8 Å². The number of rotatable bonds is 5. The van der Waals surface area contributed by atoms with Gasteiger partial charge in [-0.05, 0) is 61.4 Å². The van der Waals surface area contributed by atoms with Crippen molar-refractivity contribution in [3.05, 3.63) is 34.9 Å². The predicted octanol–water partition coefficient (Wildman–Crippen LogP) is 4.71. The summed E-state index contributed by atoms with van der Waals surface area (Å²) in [7, 11) is 0. The van der Waals surface area contributed by atoms with Crippen LogP contribution in [0.1, 0.15) is 41.9 Å². The van der Waals surface area contributed by atoms with Crippen LogP contribution in [0.4, 0.5) is 18.3 Å². The minimum absolute atomic E-state index is 0.0250. The third kappa shape index (κ3) is 4.37. The van der Waals surface area contributed by atoms with E-state index in [-0.39, 0.29) is 17.5 Å². The van der Waals surface area contributed by atoms with E-state index in [9.17, 15) is 13.2 Å². The molecule has 2 aliphatic rings. The van der Waals surface area contributed by atoms with Gasteiger partial charge in [0.1, 0.15) is 5.69 Å². The van der Waals surface area contributed by atoms with Crippen LogP contribution in [0.2, 0.25) is 0 Å². The molecule has 1 saturated carbocycles. The van der Waals surface area contributed by atoms with Gasteiger partial charge in [-0.2, -0.15) is 13.2 Å². The number of fused-ring (bicyclic) bond motifs is 1. The summed E-state index contributed by atoms with van der Waals surface area (Å²) < 4.78 is 46.8. The second-order valence-corrected chi connectivity index (χ2v) is 9.07. The molecule has 5 rings (SSSR count). The molecule has 1 saturated heterocycles. The molecule has 1 unspecified atom stereocenters. The van der Waals surface area contributed by atoms with Gasteiger partial charge >= 0.3 is 6.18 Å². The fourth-order valence-electron chi connectivity index (χ4n) is 3.85. The van der Waals surface area contributed by atoms with Crippen LogP contribution in [0.25, 0.3) is 21.6 Å². The van der Waals surface area contributed by atoms with E-state index in [4.69, 9.17) is 4.74 Å². The van der Waals surface area contributed by atoms with Crippen LogP contribution in [0.15, 0.2) is 18.2 Å². The summed E-state index contributed by atoms with van der Waals surface area (Å²) >= 11 is 1.29. The van der Waals surface area contributed by atoms with Gasteiger partial charge < -0.3 is 10.1 Å². The molecule has 0 radical (unpaired) electrons. The molecule has 2 N–H and O–H groups in total. The molecule has 1 atom stereocenters. The fourth-order valence-corrected chi connectivity index (χ4v) is 4.56. The summed E-state index contributed by atoms with van der Waals surface area (Å²) in [4.78, 5) is 4.39. The maximum Gasteiger partial charge on any atom is 0.418 e. The number of nitrogens with one attached hydrogen (secondary N) is 2. The number of anilines is 1. The van der Waals surface area contributed by atoms with Crippen molar-refractivity contribution in [1.82, 2.24) is 20.5 Å². The van der Waals surface area contributed by atoms with Gasteiger partial charge in [0.05, 0.1) is 17.8 Å². The highest BCUT2D eigenvalue weighted by Crippen LogP contribution is 2.45. The van der Waals surface area contributed by atoms with E-state index in [0.717, 1.165) is 30.4 Å². The summed E-state index contributed by atoms with van der Waals surface area (Å²) in [6.45, 7) is 3.73. The van der Waals surface area contributed by atoms with Gasteiger partial charge in [0.15, 0.2) is 5.01 Å². The summed E-state index contributed by atoms with van der Waals surface area (Å²) in [6, 6.07) is 5.20. The molecule has 1 aliphatic heterocycles. The SMILES string of the molecule is Cc1cc(-c2nnc(NCC3CCOCN3)s2)nc2c(C(F)(F)F)cc(C3CC3)cc12. The van der Waals surface area contributed by atoms with Crippen LogP contribution in [0, 0.1) is 6.92 Å². The molecule has 3 heterocycles. The Kier molecular flexibility index (Phi) is 5.31. The molecule has 2 aromatic heterocycles. The molecule has 0 bridgehead atoms.